The summed E-state index contributed by atoms with van der Waals surface area (Å²) in [5.41, 5.74) is 1.10. The number of ether oxygens (including phenoxy) is 1. The normalized spacial score (nSPS) is 34.7. The number of benzene rings is 2. The van der Waals surface area contributed by atoms with Gasteiger partial charge in [0, 0.05) is 17.0 Å². The monoisotopic (exact) mass is 517 g/mol. The zero-order chi connectivity index (χ0) is 26.9. The van der Waals surface area contributed by atoms with E-state index in [1.165, 1.54) is 19.3 Å². The first kappa shape index (κ1) is 24.5. The second-order valence-electron chi connectivity index (χ2n) is 13.1. The summed E-state index contributed by atoms with van der Waals surface area (Å²) >= 11 is 0. The van der Waals surface area contributed by atoms with Crippen LogP contribution in [0.15, 0.2) is 54.6 Å². The lowest BCUT2D eigenvalue weighted by Gasteiger charge is -2.57. The fourth-order valence-electron chi connectivity index (χ4n) is 9.36. The van der Waals surface area contributed by atoms with E-state index < -0.39 is 23.4 Å². The molecule has 0 N–H and O–H groups in total. The Hall–Kier alpha value is -3.57. The van der Waals surface area contributed by atoms with Gasteiger partial charge in [0.25, 0.3) is 0 Å². The van der Waals surface area contributed by atoms with E-state index in [0.717, 1.165) is 41.8 Å². The smallest absolute Gasteiger partial charge is 0.176 e. The van der Waals surface area contributed by atoms with Gasteiger partial charge in [-0.15, -0.1) is 0 Å². The molecular formula is C34H35N3O2. The maximum Gasteiger partial charge on any atom is 0.176 e. The summed E-state index contributed by atoms with van der Waals surface area (Å²) in [5, 5.41) is 21.5. The van der Waals surface area contributed by atoms with Gasteiger partial charge in [-0.1, -0.05) is 42.5 Å². The van der Waals surface area contributed by atoms with Gasteiger partial charge in [0.2, 0.25) is 0 Å². The zero-order valence-electron chi connectivity index (χ0n) is 22.7. The number of ketones is 1. The van der Waals surface area contributed by atoms with E-state index in [9.17, 15) is 10.5 Å². The second-order valence-corrected chi connectivity index (χ2v) is 13.1. The van der Waals surface area contributed by atoms with E-state index in [2.05, 4.69) is 23.1 Å². The number of carbonyl (C=O) groups is 1. The Balaban J connectivity index is 1.40. The molecule has 2 aromatic rings. The third-order valence-corrected chi connectivity index (χ3v) is 10.4. The Morgan fingerprint density at radius 3 is 2.15 bits per heavy atom. The number of nitriles is 2. The van der Waals surface area contributed by atoms with Crippen molar-refractivity contribution in [2.75, 3.05) is 4.90 Å². The Morgan fingerprint density at radius 1 is 0.949 bits per heavy atom. The van der Waals surface area contributed by atoms with E-state index in [-0.39, 0.29) is 17.3 Å². The molecule has 5 fully saturated rings. The first-order valence-electron chi connectivity index (χ1n) is 14.6. The molecule has 0 radical (unpaired) electrons. The molecule has 6 aliphatic rings. The van der Waals surface area contributed by atoms with Crippen LogP contribution >= 0.6 is 0 Å². The zero-order valence-corrected chi connectivity index (χ0v) is 22.7. The van der Waals surface area contributed by atoms with E-state index >= 15 is 4.79 Å². The lowest BCUT2D eigenvalue weighted by molar-refractivity contribution is -0.145. The number of hydrogen-bond donors (Lipinski definition) is 0. The third kappa shape index (κ3) is 3.52. The molecule has 0 spiro atoms. The molecule has 0 unspecified atom stereocenters. The van der Waals surface area contributed by atoms with Gasteiger partial charge in [-0.2, -0.15) is 10.5 Å². The molecule has 5 heteroatoms. The van der Waals surface area contributed by atoms with Crippen LogP contribution in [0.3, 0.4) is 0 Å². The summed E-state index contributed by atoms with van der Waals surface area (Å²) in [6.07, 6.45) is 10.7. The summed E-state index contributed by atoms with van der Waals surface area (Å²) in [6.45, 7) is 3.98. The largest absolute Gasteiger partial charge is 0.491 e. The summed E-state index contributed by atoms with van der Waals surface area (Å²) in [6, 6.07) is 19.8. The molecule has 0 aromatic heterocycles. The van der Waals surface area contributed by atoms with E-state index in [1.807, 2.05) is 68.5 Å². The van der Waals surface area contributed by atoms with Crippen LogP contribution < -0.4 is 9.64 Å². The second kappa shape index (κ2) is 8.72. The van der Waals surface area contributed by atoms with Crippen LogP contribution in [-0.4, -0.2) is 24.0 Å². The molecule has 5 nitrogen and oxygen atoms in total. The molecule has 2 aromatic carbocycles. The number of nitrogens with zero attached hydrogens (tertiary/aromatic N) is 3. The number of anilines is 1. The van der Waals surface area contributed by atoms with E-state index in [0.29, 0.717) is 17.8 Å². The summed E-state index contributed by atoms with van der Waals surface area (Å²) < 4.78 is 5.90. The molecule has 2 heterocycles. The molecule has 8 rings (SSSR count). The fourth-order valence-corrected chi connectivity index (χ4v) is 9.36. The lowest BCUT2D eigenvalue weighted by atomic mass is 9.47. The quantitative estimate of drug-likeness (QED) is 0.443. The minimum absolute atomic E-state index is 0.0423. The Morgan fingerprint density at radius 2 is 1.56 bits per heavy atom. The van der Waals surface area contributed by atoms with Gasteiger partial charge in [0.1, 0.15) is 5.75 Å². The first-order valence-corrected chi connectivity index (χ1v) is 14.6. The predicted octanol–water partition coefficient (Wildman–Crippen LogP) is 6.66. The summed E-state index contributed by atoms with van der Waals surface area (Å²) in [5.74, 6) is 2.34. The number of carbonyl (C=O) groups excluding carboxylic acids is 1. The van der Waals surface area contributed by atoms with E-state index in [4.69, 9.17) is 4.74 Å². The van der Waals surface area contributed by atoms with Crippen LogP contribution in [0.25, 0.3) is 6.08 Å². The SMILES string of the molecule is CC(C)Oc1ccc([C@@H]2[C@@H](C(=O)C34CC5CC(CC(C5)C3)C4)N3c4ccccc4C=C[C@@H]3C2(C#N)C#N)cc1. The molecule has 198 valence electrons. The van der Waals surface area contributed by atoms with Crippen LogP contribution in [0.2, 0.25) is 0 Å². The van der Waals surface area contributed by atoms with Crippen molar-refractivity contribution in [2.24, 2.45) is 28.6 Å². The lowest BCUT2D eigenvalue weighted by Crippen LogP contribution is -2.56. The molecule has 4 aliphatic carbocycles. The maximum atomic E-state index is 15.2. The highest BCUT2D eigenvalue weighted by Gasteiger charge is 2.66. The number of Topliss-reactive ketones (excluding diaryl/α,β-unsaturated/α-hetero) is 1. The highest BCUT2D eigenvalue weighted by molar-refractivity contribution is 5.97. The van der Waals surface area contributed by atoms with Crippen molar-refractivity contribution in [3.8, 4) is 17.9 Å². The van der Waals surface area contributed by atoms with Crippen LogP contribution in [0.1, 0.15) is 69.4 Å². The van der Waals surface area contributed by atoms with Gasteiger partial charge in [-0.3, -0.25) is 4.79 Å². The number of fused-ring (bicyclic) bond motifs is 3. The van der Waals surface area contributed by atoms with Gasteiger partial charge < -0.3 is 9.64 Å². The average Bonchev–Trinajstić information content (AvgIpc) is 3.23. The van der Waals surface area contributed by atoms with Gasteiger partial charge in [0.15, 0.2) is 11.2 Å². The molecule has 4 saturated carbocycles. The van der Waals surface area contributed by atoms with E-state index in [1.54, 1.807) is 0 Å². The minimum atomic E-state index is -1.40. The van der Waals surface area contributed by atoms with Crippen LogP contribution in [0.4, 0.5) is 5.69 Å². The van der Waals surface area contributed by atoms with Crippen molar-refractivity contribution in [2.45, 2.75) is 76.5 Å². The Bertz CT molecular complexity index is 1380. The Labute approximate surface area is 231 Å². The highest BCUT2D eigenvalue weighted by Crippen LogP contribution is 2.63. The molecule has 0 amide bonds. The first-order chi connectivity index (χ1) is 18.9. The van der Waals surface area contributed by atoms with Crippen LogP contribution in [-0.2, 0) is 4.79 Å². The fraction of sp³-hybridized carbons (Fsp3) is 0.500. The number of hydrogen-bond acceptors (Lipinski definition) is 5. The van der Waals surface area contributed by atoms with Crippen molar-refractivity contribution in [1.29, 1.82) is 10.5 Å². The van der Waals surface area contributed by atoms with Crippen molar-refractivity contribution >= 4 is 17.5 Å². The molecule has 39 heavy (non-hydrogen) atoms. The molecule has 1 saturated heterocycles. The molecule has 4 bridgehead atoms. The molecular weight excluding hydrogens is 482 g/mol. The number of para-hydroxylation sites is 1. The van der Waals surface area contributed by atoms with Gasteiger partial charge in [-0.05, 0) is 99.5 Å². The topological polar surface area (TPSA) is 77.1 Å². The van der Waals surface area contributed by atoms with Crippen molar-refractivity contribution in [3.63, 3.8) is 0 Å². The van der Waals surface area contributed by atoms with Crippen LogP contribution in [0.5, 0.6) is 5.75 Å². The number of rotatable bonds is 5. The van der Waals surface area contributed by atoms with Crippen molar-refractivity contribution in [3.05, 3.63) is 65.7 Å². The highest BCUT2D eigenvalue weighted by atomic mass is 16.5. The van der Waals surface area contributed by atoms with Gasteiger partial charge in [-0.25, -0.2) is 0 Å². The van der Waals surface area contributed by atoms with Crippen molar-refractivity contribution in [1.82, 2.24) is 0 Å². The maximum absolute atomic E-state index is 15.2. The standard InChI is InChI=1S/C34H35N3O2/c1-21(2)39-27-10-7-26(8-11-27)30-31(32(38)33-16-22-13-23(17-33)15-24(14-22)18-33)37-28-6-4-3-5-25(28)9-12-29(37)34(30,19-35)20-36/h3-12,21-24,29-31H,13-18H2,1-2H3/t22?,23?,24?,29-,30-,31+,33?/m1/s1. The predicted molar refractivity (Wildman–Crippen MR) is 150 cm³/mol. The molecule has 3 atom stereocenters. The van der Waals surface area contributed by atoms with Gasteiger partial charge >= 0.3 is 0 Å². The van der Waals surface area contributed by atoms with Crippen molar-refractivity contribution < 1.29 is 9.53 Å². The molecule has 2 aliphatic heterocycles. The van der Waals surface area contributed by atoms with Gasteiger partial charge in [0.05, 0.1) is 30.3 Å². The average molecular weight is 518 g/mol. The summed E-state index contributed by atoms with van der Waals surface area (Å²) in [7, 11) is 0. The summed E-state index contributed by atoms with van der Waals surface area (Å²) in [4.78, 5) is 17.3. The third-order valence-electron chi connectivity index (χ3n) is 10.4. The Kier molecular flexibility index (Phi) is 5.47. The van der Waals surface area contributed by atoms with Crippen LogP contribution in [0, 0.1) is 51.2 Å². The minimum Gasteiger partial charge on any atom is -0.491 e.